The van der Waals surface area contributed by atoms with Crippen LogP contribution in [0, 0.1) is 0 Å². The van der Waals surface area contributed by atoms with Gasteiger partial charge in [0, 0.05) is 67.8 Å². The minimum absolute atomic E-state index is 0.0837. The van der Waals surface area contributed by atoms with E-state index in [1.165, 1.54) is 11.1 Å². The number of para-hydroxylation sites is 6. The quantitative estimate of drug-likeness (QED) is 0.109. The van der Waals surface area contributed by atoms with Crippen LogP contribution in [0.5, 0.6) is 23.0 Å². The second-order valence-corrected chi connectivity index (χ2v) is 23.7. The number of pyridine rings is 1. The van der Waals surface area contributed by atoms with E-state index >= 15 is 0 Å². The molecule has 11 aromatic carbocycles. The molecule has 0 saturated heterocycles. The van der Waals surface area contributed by atoms with Crippen LogP contribution < -0.4 is 19.3 Å². The summed E-state index contributed by atoms with van der Waals surface area (Å²) in [4.78, 5) is 10.2. The Hall–Kier alpha value is -10.4. The summed E-state index contributed by atoms with van der Waals surface area (Å²) in [6, 6.07) is 103. The van der Waals surface area contributed by atoms with E-state index in [0.29, 0.717) is 11.5 Å². The summed E-state index contributed by atoms with van der Waals surface area (Å²) >= 11 is 0. The van der Waals surface area contributed by atoms with Crippen molar-refractivity contribution < 1.29 is 9.47 Å². The van der Waals surface area contributed by atoms with Gasteiger partial charge in [-0.05, 0) is 179 Å². The summed E-state index contributed by atoms with van der Waals surface area (Å²) in [6.45, 7) is 13.7. The molecule has 0 atom stereocenters. The first-order chi connectivity index (χ1) is 41.4. The van der Waals surface area contributed by atoms with Crippen LogP contribution in [0.4, 0.5) is 34.1 Å². The summed E-state index contributed by atoms with van der Waals surface area (Å²) in [5.41, 5.74) is 17.8. The highest BCUT2D eigenvalue weighted by molar-refractivity contribution is 6.12. The summed E-state index contributed by atoms with van der Waals surface area (Å²) in [5.74, 6) is 2.74. The van der Waals surface area contributed by atoms with E-state index in [4.69, 9.17) is 14.5 Å². The van der Waals surface area contributed by atoms with Crippen molar-refractivity contribution in [2.75, 3.05) is 9.80 Å². The molecule has 0 amide bonds. The predicted molar refractivity (Wildman–Crippen MR) is 355 cm³/mol. The van der Waals surface area contributed by atoms with Gasteiger partial charge in [0.2, 0.25) is 0 Å². The topological polar surface area (TPSA) is 42.8 Å². The van der Waals surface area contributed by atoms with Crippen LogP contribution in [0.1, 0.15) is 52.7 Å². The second kappa shape index (κ2) is 22.7. The van der Waals surface area contributed by atoms with Gasteiger partial charge in [-0.25, -0.2) is 4.98 Å². The molecule has 0 saturated carbocycles. The number of anilines is 6. The van der Waals surface area contributed by atoms with E-state index in [1.54, 1.807) is 0 Å². The molecular weight excluding hydrogens is 1040 g/mol. The van der Waals surface area contributed by atoms with E-state index < -0.39 is 0 Å². The molecule has 0 fully saturated rings. The van der Waals surface area contributed by atoms with Crippen LogP contribution in [0.3, 0.4) is 0 Å². The average molecular weight is 1100 g/mol. The summed E-state index contributed by atoms with van der Waals surface area (Å²) in [5, 5.41) is 2.27. The van der Waals surface area contributed by atoms with E-state index in [0.717, 1.165) is 107 Å². The molecular formula is C79H66N4O2. The van der Waals surface area contributed by atoms with Crippen LogP contribution in [0.2, 0.25) is 0 Å². The minimum atomic E-state index is -0.0837. The average Bonchev–Trinajstić information content (AvgIpc) is 2.35. The van der Waals surface area contributed by atoms with Gasteiger partial charge in [0.05, 0.1) is 22.4 Å². The van der Waals surface area contributed by atoms with E-state index in [2.05, 4.69) is 280 Å². The maximum Gasteiger partial charge on any atom is 0.131 e. The Morgan fingerprint density at radius 2 is 0.659 bits per heavy atom. The zero-order valence-corrected chi connectivity index (χ0v) is 48.8. The van der Waals surface area contributed by atoms with Crippen LogP contribution in [-0.4, -0.2) is 9.55 Å². The largest absolute Gasteiger partial charge is 0.457 e. The van der Waals surface area contributed by atoms with Crippen molar-refractivity contribution in [3.63, 3.8) is 0 Å². The van der Waals surface area contributed by atoms with Crippen molar-refractivity contribution in [3.05, 3.63) is 302 Å². The smallest absolute Gasteiger partial charge is 0.131 e. The van der Waals surface area contributed by atoms with Crippen molar-refractivity contribution in [1.82, 2.24) is 9.55 Å². The number of aromatic nitrogens is 2. The molecule has 0 aliphatic carbocycles. The molecule has 414 valence electrons. The van der Waals surface area contributed by atoms with Gasteiger partial charge < -0.3 is 23.8 Å². The lowest BCUT2D eigenvalue weighted by Crippen LogP contribution is -2.16. The number of rotatable bonds is 14. The molecule has 85 heavy (non-hydrogen) atoms. The fraction of sp³-hybridized carbons (Fsp3) is 0.101. The van der Waals surface area contributed by atoms with Crippen molar-refractivity contribution in [2.45, 2.75) is 52.4 Å². The number of nitrogens with zero attached hydrogens (tertiary/aromatic N) is 4. The zero-order chi connectivity index (χ0) is 58.1. The maximum atomic E-state index is 6.57. The second-order valence-electron chi connectivity index (χ2n) is 23.7. The molecule has 0 unspecified atom stereocenters. The summed E-state index contributed by atoms with van der Waals surface area (Å²) in [6.07, 6.45) is 0. The van der Waals surface area contributed by atoms with Gasteiger partial charge in [-0.2, -0.15) is 0 Å². The number of ether oxygens (including phenoxy) is 2. The lowest BCUT2D eigenvalue weighted by molar-refractivity contribution is 0.460. The Labute approximate surface area is 499 Å². The lowest BCUT2D eigenvalue weighted by atomic mass is 9.79. The van der Waals surface area contributed by atoms with Gasteiger partial charge in [-0.3, -0.25) is 0 Å². The fourth-order valence-electron chi connectivity index (χ4n) is 11.3. The monoisotopic (exact) mass is 1100 g/mol. The van der Waals surface area contributed by atoms with Crippen LogP contribution in [0.15, 0.2) is 291 Å². The summed E-state index contributed by atoms with van der Waals surface area (Å²) < 4.78 is 15.5. The highest BCUT2D eigenvalue weighted by Crippen LogP contribution is 2.45. The Morgan fingerprint density at radius 1 is 0.294 bits per heavy atom. The van der Waals surface area contributed by atoms with Gasteiger partial charge >= 0.3 is 0 Å². The highest BCUT2D eigenvalue weighted by Gasteiger charge is 2.24. The molecule has 6 heteroatoms. The van der Waals surface area contributed by atoms with Gasteiger partial charge in [0.25, 0.3) is 0 Å². The van der Waals surface area contributed by atoms with E-state index in [-0.39, 0.29) is 10.8 Å². The Morgan fingerprint density at radius 3 is 1.05 bits per heavy atom. The van der Waals surface area contributed by atoms with Crippen molar-refractivity contribution in [2.24, 2.45) is 0 Å². The first kappa shape index (κ1) is 53.9. The molecule has 0 radical (unpaired) electrons. The van der Waals surface area contributed by atoms with Gasteiger partial charge in [-0.1, -0.05) is 181 Å². The zero-order valence-electron chi connectivity index (χ0n) is 48.8. The fourth-order valence-corrected chi connectivity index (χ4v) is 11.3. The van der Waals surface area contributed by atoms with Crippen molar-refractivity contribution >= 4 is 55.9 Å². The molecule has 2 heterocycles. The number of benzene rings is 11. The van der Waals surface area contributed by atoms with Crippen molar-refractivity contribution in [3.8, 4) is 62.3 Å². The Bertz CT molecular complexity index is 4150. The number of hydrogen-bond acceptors (Lipinski definition) is 5. The maximum absolute atomic E-state index is 6.57. The third-order valence-electron chi connectivity index (χ3n) is 15.7. The molecule has 0 spiro atoms. The Balaban J connectivity index is 0.983. The standard InChI is InChI=1S/C79H66N4O2/c1-78(2,3)59-45-56(46-60(51-59)79(4,5)6)57-49-74(80-75(50-57)58-47-70(84-68-33-21-11-22-34-68)54-71(48-58)85-69-35-23-12-24-36-69)55-37-39-65(40-38-55)83-76-43-41-66(81(61-25-13-7-14-26-61)62-27-15-8-16-28-62)52-72(76)73-53-67(42-44-77(73)83)82(63-29-17-9-18-30-63)64-31-19-10-20-32-64/h7-54H,1-6H3. The third kappa shape index (κ3) is 11.4. The first-order valence-corrected chi connectivity index (χ1v) is 29.2. The van der Waals surface area contributed by atoms with Gasteiger partial charge in [-0.15, -0.1) is 0 Å². The van der Waals surface area contributed by atoms with Crippen LogP contribution >= 0.6 is 0 Å². The molecule has 13 aromatic rings. The van der Waals surface area contributed by atoms with Crippen LogP contribution in [0.25, 0.3) is 61.1 Å². The Kier molecular flexibility index (Phi) is 14.4. The molecule has 0 N–H and O–H groups in total. The molecule has 13 rings (SSSR count). The normalized spacial score (nSPS) is 11.6. The first-order valence-electron chi connectivity index (χ1n) is 29.2. The highest BCUT2D eigenvalue weighted by atomic mass is 16.5. The van der Waals surface area contributed by atoms with E-state index in [1.807, 2.05) is 66.7 Å². The van der Waals surface area contributed by atoms with Gasteiger partial charge in [0.1, 0.15) is 23.0 Å². The summed E-state index contributed by atoms with van der Waals surface area (Å²) in [7, 11) is 0. The molecule has 6 nitrogen and oxygen atoms in total. The lowest BCUT2D eigenvalue weighted by Gasteiger charge is -2.26. The van der Waals surface area contributed by atoms with Gasteiger partial charge in [0.15, 0.2) is 0 Å². The molecule has 0 bridgehead atoms. The van der Waals surface area contributed by atoms with Crippen molar-refractivity contribution in [1.29, 1.82) is 0 Å². The minimum Gasteiger partial charge on any atom is -0.457 e. The SMILES string of the molecule is CC(C)(C)c1cc(-c2cc(-c3ccc(-n4c5ccc(N(c6ccccc6)c6ccccc6)cc5c5cc(N(c6ccccc6)c6ccccc6)ccc54)cc3)nc(-c3cc(Oc4ccccc4)cc(Oc4ccccc4)c3)c2)cc(C(C)(C)C)c1. The molecule has 0 aliphatic rings. The predicted octanol–water partition coefficient (Wildman–Crippen LogP) is 22.3. The molecule has 2 aromatic heterocycles. The number of hydrogen-bond donors (Lipinski definition) is 0. The van der Waals surface area contributed by atoms with E-state index in [9.17, 15) is 0 Å². The molecule has 0 aliphatic heterocycles. The number of fused-ring (bicyclic) bond motifs is 3. The third-order valence-corrected chi connectivity index (χ3v) is 15.7. The van der Waals surface area contributed by atoms with Crippen LogP contribution in [-0.2, 0) is 10.8 Å².